The molecule has 5 heteroatoms. The van der Waals surface area contributed by atoms with Gasteiger partial charge in [0, 0.05) is 11.6 Å². The van der Waals surface area contributed by atoms with E-state index in [1.165, 1.54) is 12.1 Å². The van der Waals surface area contributed by atoms with Gasteiger partial charge in [-0.15, -0.1) is 0 Å². The Balaban J connectivity index is 2.87. The van der Waals surface area contributed by atoms with Crippen LogP contribution >= 0.6 is 0 Å². The molecule has 0 saturated carbocycles. The first-order valence-electron chi connectivity index (χ1n) is 5.37. The van der Waals surface area contributed by atoms with E-state index in [1.807, 2.05) is 0 Å². The molecule has 17 heavy (non-hydrogen) atoms. The van der Waals surface area contributed by atoms with E-state index in [4.69, 9.17) is 4.74 Å². The Morgan fingerprint density at radius 2 is 2.12 bits per heavy atom. The van der Waals surface area contributed by atoms with Crippen LogP contribution in [-0.2, 0) is 9.53 Å². The van der Waals surface area contributed by atoms with E-state index in [-0.39, 0.29) is 12.2 Å². The van der Waals surface area contributed by atoms with Crippen molar-refractivity contribution in [3.05, 3.63) is 29.6 Å². The molecular weight excluding hydrogens is 227 g/mol. The second-order valence-corrected chi connectivity index (χ2v) is 3.27. The fourth-order valence-corrected chi connectivity index (χ4v) is 1.33. The van der Waals surface area contributed by atoms with Gasteiger partial charge in [0.1, 0.15) is 11.6 Å². The molecule has 0 aliphatic rings. The quantitative estimate of drug-likeness (QED) is 0.800. The molecule has 1 rings (SSSR count). The van der Waals surface area contributed by atoms with E-state index in [0.717, 1.165) is 6.07 Å². The maximum Gasteiger partial charge on any atom is 0.339 e. The van der Waals surface area contributed by atoms with Crippen LogP contribution in [0.4, 0.5) is 4.39 Å². The molecule has 4 nitrogen and oxygen atoms in total. The predicted octanol–water partition coefficient (Wildman–Crippen LogP) is 1.82. The van der Waals surface area contributed by atoms with Crippen LogP contribution in [0.1, 0.15) is 25.5 Å². The number of esters is 1. The lowest BCUT2D eigenvalue weighted by Crippen LogP contribution is -2.16. The third-order valence-electron chi connectivity index (χ3n) is 2.09. The Bertz CT molecular complexity index is 392. The molecule has 0 spiro atoms. The van der Waals surface area contributed by atoms with Crippen LogP contribution in [0.25, 0.3) is 0 Å². The molecule has 1 aromatic carbocycles. The number of carbonyl (C=O) groups excluding carboxylic acids is 1. The zero-order chi connectivity index (χ0) is 12.8. The molecule has 0 radical (unpaired) electrons. The highest BCUT2D eigenvalue weighted by atomic mass is 19.1. The van der Waals surface area contributed by atoms with Crippen LogP contribution in [0.3, 0.4) is 0 Å². The number of benzene rings is 1. The average Bonchev–Trinajstić information content (AvgIpc) is 2.29. The van der Waals surface area contributed by atoms with Gasteiger partial charge in [-0.3, -0.25) is 0 Å². The van der Waals surface area contributed by atoms with Crippen LogP contribution in [0, 0.1) is 5.82 Å². The fraction of sp³-hybridized carbons (Fsp3) is 0.417. The number of halogens is 1. The lowest BCUT2D eigenvalue weighted by molar-refractivity contribution is -0.153. The molecule has 0 bridgehead atoms. The maximum absolute atomic E-state index is 13.6. The zero-order valence-corrected chi connectivity index (χ0v) is 9.77. The summed E-state index contributed by atoms with van der Waals surface area (Å²) in [5, 5.41) is 9.57. The minimum atomic E-state index is -1.61. The number of aliphatic hydroxyl groups excluding tert-OH is 1. The number of aliphatic hydroxyl groups is 1. The number of carbonyl (C=O) groups is 1. The van der Waals surface area contributed by atoms with Crippen molar-refractivity contribution in [2.24, 2.45) is 0 Å². The molecule has 0 fully saturated rings. The van der Waals surface area contributed by atoms with Gasteiger partial charge in [-0.25, -0.2) is 9.18 Å². The highest BCUT2D eigenvalue weighted by Crippen LogP contribution is 2.22. The Kier molecular flexibility index (Phi) is 4.90. The van der Waals surface area contributed by atoms with Crippen molar-refractivity contribution in [2.45, 2.75) is 20.0 Å². The topological polar surface area (TPSA) is 55.8 Å². The van der Waals surface area contributed by atoms with Crippen molar-refractivity contribution in [1.29, 1.82) is 0 Å². The molecular formula is C12H15FO4. The Morgan fingerprint density at radius 1 is 1.41 bits per heavy atom. The summed E-state index contributed by atoms with van der Waals surface area (Å²) < 4.78 is 23.3. The van der Waals surface area contributed by atoms with Gasteiger partial charge in [0.25, 0.3) is 0 Å². The lowest BCUT2D eigenvalue weighted by atomic mass is 10.1. The van der Waals surface area contributed by atoms with Crippen LogP contribution < -0.4 is 4.74 Å². The summed E-state index contributed by atoms with van der Waals surface area (Å²) in [7, 11) is 0. The van der Waals surface area contributed by atoms with Crippen molar-refractivity contribution in [3.8, 4) is 5.75 Å². The molecule has 0 heterocycles. The fourth-order valence-electron chi connectivity index (χ4n) is 1.33. The SMILES string of the molecule is CCOC(=O)C(O)c1ccc(OCC)cc1F. The van der Waals surface area contributed by atoms with Crippen LogP contribution in [0.15, 0.2) is 18.2 Å². The minimum Gasteiger partial charge on any atom is -0.494 e. The normalized spacial score (nSPS) is 12.0. The smallest absolute Gasteiger partial charge is 0.339 e. The van der Waals surface area contributed by atoms with E-state index < -0.39 is 17.9 Å². The van der Waals surface area contributed by atoms with E-state index in [1.54, 1.807) is 13.8 Å². The van der Waals surface area contributed by atoms with Gasteiger partial charge in [-0.05, 0) is 26.0 Å². The number of hydrogen-bond acceptors (Lipinski definition) is 4. The molecule has 1 aromatic rings. The largest absolute Gasteiger partial charge is 0.494 e. The second kappa shape index (κ2) is 6.20. The summed E-state index contributed by atoms with van der Waals surface area (Å²) in [6, 6.07) is 3.92. The molecule has 1 atom stereocenters. The summed E-state index contributed by atoms with van der Waals surface area (Å²) in [6.45, 7) is 3.94. The summed E-state index contributed by atoms with van der Waals surface area (Å²) >= 11 is 0. The van der Waals surface area contributed by atoms with E-state index in [2.05, 4.69) is 4.74 Å². The van der Waals surface area contributed by atoms with E-state index in [9.17, 15) is 14.3 Å². The summed E-state index contributed by atoms with van der Waals surface area (Å²) in [5.74, 6) is -1.21. The highest BCUT2D eigenvalue weighted by Gasteiger charge is 2.22. The Morgan fingerprint density at radius 3 is 2.65 bits per heavy atom. The molecule has 94 valence electrons. The first-order valence-corrected chi connectivity index (χ1v) is 5.37. The zero-order valence-electron chi connectivity index (χ0n) is 9.77. The van der Waals surface area contributed by atoms with Crippen molar-refractivity contribution < 1.29 is 23.8 Å². The summed E-state index contributed by atoms with van der Waals surface area (Å²) in [5.41, 5.74) is -0.119. The number of hydrogen-bond donors (Lipinski definition) is 1. The predicted molar refractivity (Wildman–Crippen MR) is 59.2 cm³/mol. The molecule has 0 aliphatic heterocycles. The first kappa shape index (κ1) is 13.4. The maximum atomic E-state index is 13.6. The highest BCUT2D eigenvalue weighted by molar-refractivity contribution is 5.76. The monoisotopic (exact) mass is 242 g/mol. The van der Waals surface area contributed by atoms with Gasteiger partial charge in [0.2, 0.25) is 0 Å². The van der Waals surface area contributed by atoms with E-state index >= 15 is 0 Å². The van der Waals surface area contributed by atoms with Gasteiger partial charge in [0.15, 0.2) is 6.10 Å². The Hall–Kier alpha value is -1.62. The summed E-state index contributed by atoms with van der Waals surface area (Å²) in [6.07, 6.45) is -1.61. The van der Waals surface area contributed by atoms with Crippen molar-refractivity contribution in [2.75, 3.05) is 13.2 Å². The Labute approximate surface area is 99.0 Å². The molecule has 0 aliphatic carbocycles. The van der Waals surface area contributed by atoms with Gasteiger partial charge in [-0.1, -0.05) is 0 Å². The lowest BCUT2D eigenvalue weighted by Gasteiger charge is -2.11. The molecule has 0 amide bonds. The average molecular weight is 242 g/mol. The molecule has 1 unspecified atom stereocenters. The molecule has 0 aromatic heterocycles. The third-order valence-corrected chi connectivity index (χ3v) is 2.09. The van der Waals surface area contributed by atoms with Gasteiger partial charge >= 0.3 is 5.97 Å². The minimum absolute atomic E-state index is 0.119. The summed E-state index contributed by atoms with van der Waals surface area (Å²) in [4.78, 5) is 11.2. The van der Waals surface area contributed by atoms with Gasteiger partial charge in [0.05, 0.1) is 13.2 Å². The third kappa shape index (κ3) is 3.42. The van der Waals surface area contributed by atoms with Crippen LogP contribution in [0.2, 0.25) is 0 Å². The van der Waals surface area contributed by atoms with Crippen LogP contribution in [-0.4, -0.2) is 24.3 Å². The van der Waals surface area contributed by atoms with Crippen LogP contribution in [0.5, 0.6) is 5.75 Å². The van der Waals surface area contributed by atoms with Gasteiger partial charge in [-0.2, -0.15) is 0 Å². The number of rotatable bonds is 5. The molecule has 0 saturated heterocycles. The van der Waals surface area contributed by atoms with Crippen molar-refractivity contribution >= 4 is 5.97 Å². The first-order chi connectivity index (χ1) is 8.10. The van der Waals surface area contributed by atoms with Crippen molar-refractivity contribution in [3.63, 3.8) is 0 Å². The standard InChI is InChI=1S/C12H15FO4/c1-3-16-8-5-6-9(10(13)7-8)11(14)12(15)17-4-2/h5-7,11,14H,3-4H2,1-2H3. The second-order valence-electron chi connectivity index (χ2n) is 3.27. The van der Waals surface area contributed by atoms with E-state index in [0.29, 0.717) is 12.4 Å². The van der Waals surface area contributed by atoms with Gasteiger partial charge < -0.3 is 14.6 Å². The number of ether oxygens (including phenoxy) is 2. The van der Waals surface area contributed by atoms with Crippen molar-refractivity contribution in [1.82, 2.24) is 0 Å². The molecule has 1 N–H and O–H groups in total.